The van der Waals surface area contributed by atoms with Crippen LogP contribution in [0.3, 0.4) is 0 Å². The van der Waals surface area contributed by atoms with Crippen molar-refractivity contribution >= 4 is 33.5 Å². The van der Waals surface area contributed by atoms with Gasteiger partial charge in [0.2, 0.25) is 5.88 Å². The predicted octanol–water partition coefficient (Wildman–Crippen LogP) is 5.87. The zero-order chi connectivity index (χ0) is 18.7. The molecule has 0 unspecified atom stereocenters. The molecule has 2 heterocycles. The quantitative estimate of drug-likeness (QED) is 0.362. The zero-order valence-electron chi connectivity index (χ0n) is 15.5. The van der Waals surface area contributed by atoms with E-state index >= 15 is 0 Å². The highest BCUT2D eigenvalue weighted by molar-refractivity contribution is 14.1. The molecule has 26 heavy (non-hydrogen) atoms. The molecular weight excluding hydrogens is 437 g/mol. The third kappa shape index (κ3) is 3.85. The SMILES string of the molecule is CCCC#Cc1cc2c(C)nn(C(C)C)c2cc1Oc1ncccc1I. The van der Waals surface area contributed by atoms with Crippen LogP contribution in [0.2, 0.25) is 0 Å². The van der Waals surface area contributed by atoms with E-state index in [1.54, 1.807) is 6.20 Å². The minimum atomic E-state index is 0.270. The first-order valence-electron chi connectivity index (χ1n) is 8.81. The van der Waals surface area contributed by atoms with Crippen molar-refractivity contribution in [3.05, 3.63) is 45.3 Å². The first kappa shape index (κ1) is 18.7. The lowest BCUT2D eigenvalue weighted by atomic mass is 10.1. The van der Waals surface area contributed by atoms with Crippen LogP contribution in [0.5, 0.6) is 11.6 Å². The van der Waals surface area contributed by atoms with Crippen LogP contribution in [0.15, 0.2) is 30.5 Å². The van der Waals surface area contributed by atoms with Gasteiger partial charge in [0.15, 0.2) is 0 Å². The normalized spacial score (nSPS) is 10.8. The molecule has 0 bridgehead atoms. The van der Waals surface area contributed by atoms with Crippen LogP contribution in [-0.2, 0) is 0 Å². The fourth-order valence-electron chi connectivity index (χ4n) is 2.73. The lowest BCUT2D eigenvalue weighted by Gasteiger charge is -2.11. The van der Waals surface area contributed by atoms with Gasteiger partial charge in [-0.3, -0.25) is 4.68 Å². The highest BCUT2D eigenvalue weighted by Crippen LogP contribution is 2.33. The van der Waals surface area contributed by atoms with Crippen molar-refractivity contribution in [1.82, 2.24) is 14.8 Å². The molecule has 0 aliphatic rings. The summed E-state index contributed by atoms with van der Waals surface area (Å²) in [6.45, 7) is 8.42. The summed E-state index contributed by atoms with van der Waals surface area (Å²) in [5.74, 6) is 7.81. The van der Waals surface area contributed by atoms with Crippen LogP contribution in [0, 0.1) is 22.3 Å². The van der Waals surface area contributed by atoms with Gasteiger partial charge in [0, 0.05) is 30.1 Å². The number of ether oxygens (including phenoxy) is 1. The van der Waals surface area contributed by atoms with E-state index in [1.165, 1.54) is 0 Å². The summed E-state index contributed by atoms with van der Waals surface area (Å²) in [7, 11) is 0. The van der Waals surface area contributed by atoms with E-state index in [9.17, 15) is 0 Å². The molecule has 4 nitrogen and oxygen atoms in total. The summed E-state index contributed by atoms with van der Waals surface area (Å²) >= 11 is 2.23. The first-order chi connectivity index (χ1) is 12.5. The smallest absolute Gasteiger partial charge is 0.232 e. The number of aromatic nitrogens is 3. The molecule has 134 valence electrons. The third-order valence-electron chi connectivity index (χ3n) is 4.01. The molecule has 3 rings (SSSR count). The Balaban J connectivity index is 2.17. The average molecular weight is 459 g/mol. The van der Waals surface area contributed by atoms with Crippen LogP contribution >= 0.6 is 22.6 Å². The number of aryl methyl sites for hydroxylation is 1. The number of nitrogens with zero attached hydrogens (tertiary/aromatic N) is 3. The molecule has 0 spiro atoms. The molecule has 0 saturated heterocycles. The van der Waals surface area contributed by atoms with E-state index in [1.807, 2.05) is 29.8 Å². The molecule has 1 aromatic carbocycles. The van der Waals surface area contributed by atoms with Gasteiger partial charge in [-0.15, -0.1) is 0 Å². The number of fused-ring (bicyclic) bond motifs is 1. The van der Waals surface area contributed by atoms with Crippen molar-refractivity contribution in [3.8, 4) is 23.5 Å². The highest BCUT2D eigenvalue weighted by Gasteiger charge is 2.15. The molecule has 5 heteroatoms. The maximum Gasteiger partial charge on any atom is 0.232 e. The van der Waals surface area contributed by atoms with Crippen LogP contribution in [0.1, 0.15) is 50.9 Å². The second-order valence-corrected chi connectivity index (χ2v) is 7.60. The Labute approximate surface area is 168 Å². The molecule has 0 aliphatic carbocycles. The molecule has 0 radical (unpaired) electrons. The molecule has 0 fully saturated rings. The van der Waals surface area contributed by atoms with Crippen molar-refractivity contribution in [2.45, 2.75) is 46.6 Å². The van der Waals surface area contributed by atoms with Crippen molar-refractivity contribution in [2.75, 3.05) is 0 Å². The van der Waals surface area contributed by atoms with E-state index in [2.05, 4.69) is 71.4 Å². The molecule has 3 aromatic rings. The van der Waals surface area contributed by atoms with Crippen LogP contribution in [0.25, 0.3) is 10.9 Å². The van der Waals surface area contributed by atoms with E-state index in [0.717, 1.165) is 44.3 Å². The van der Waals surface area contributed by atoms with E-state index in [4.69, 9.17) is 4.74 Å². The summed E-state index contributed by atoms with van der Waals surface area (Å²) in [6, 6.07) is 8.27. The Hall–Kier alpha value is -2.07. The minimum Gasteiger partial charge on any atom is -0.437 e. The summed E-state index contributed by atoms with van der Waals surface area (Å²) in [6.07, 6.45) is 3.64. The number of benzene rings is 1. The van der Waals surface area contributed by atoms with E-state index in [0.29, 0.717) is 5.88 Å². The van der Waals surface area contributed by atoms with Gasteiger partial charge in [0.1, 0.15) is 5.75 Å². The second kappa shape index (κ2) is 8.09. The molecule has 0 N–H and O–H groups in total. The molecule has 0 atom stereocenters. The van der Waals surface area contributed by atoms with Crippen LogP contribution in [-0.4, -0.2) is 14.8 Å². The van der Waals surface area contributed by atoms with Gasteiger partial charge in [0.25, 0.3) is 0 Å². The Morgan fingerprint density at radius 2 is 2.12 bits per heavy atom. The zero-order valence-corrected chi connectivity index (χ0v) is 17.7. The Bertz CT molecular complexity index is 996. The van der Waals surface area contributed by atoms with Crippen LogP contribution in [0.4, 0.5) is 0 Å². The number of rotatable bonds is 4. The summed E-state index contributed by atoms with van der Waals surface area (Å²) in [5.41, 5.74) is 2.93. The number of unbranched alkanes of at least 4 members (excludes halogenated alkanes) is 1. The summed E-state index contributed by atoms with van der Waals surface area (Å²) in [5, 5.41) is 5.80. The molecule has 0 saturated carbocycles. The monoisotopic (exact) mass is 459 g/mol. The second-order valence-electron chi connectivity index (χ2n) is 6.43. The standard InChI is InChI=1S/C21H22IN3O/c1-5-6-7-9-16-12-17-15(4)24-25(14(2)3)19(17)13-20(16)26-21-18(22)10-8-11-23-21/h8,10-14H,5-6H2,1-4H3. The predicted molar refractivity (Wildman–Crippen MR) is 114 cm³/mol. The Kier molecular flexibility index (Phi) is 5.82. The molecular formula is C21H22IN3O. The summed E-state index contributed by atoms with van der Waals surface area (Å²) in [4.78, 5) is 4.35. The van der Waals surface area contributed by atoms with Gasteiger partial charge in [0.05, 0.1) is 20.3 Å². The van der Waals surface area contributed by atoms with Gasteiger partial charge in [-0.25, -0.2) is 4.98 Å². The third-order valence-corrected chi connectivity index (χ3v) is 4.83. The summed E-state index contributed by atoms with van der Waals surface area (Å²) < 4.78 is 9.16. The van der Waals surface area contributed by atoms with E-state index in [-0.39, 0.29) is 6.04 Å². The average Bonchev–Trinajstić information content (AvgIpc) is 2.93. The lowest BCUT2D eigenvalue weighted by Crippen LogP contribution is -2.03. The number of hydrogen-bond donors (Lipinski definition) is 0. The lowest BCUT2D eigenvalue weighted by molar-refractivity contribution is 0.458. The largest absolute Gasteiger partial charge is 0.437 e. The molecule has 0 aliphatic heterocycles. The molecule has 0 amide bonds. The number of hydrogen-bond acceptors (Lipinski definition) is 3. The van der Waals surface area contributed by atoms with Gasteiger partial charge in [-0.1, -0.05) is 18.8 Å². The Morgan fingerprint density at radius 3 is 2.81 bits per heavy atom. The fraction of sp³-hybridized carbons (Fsp3) is 0.333. The van der Waals surface area contributed by atoms with Crippen LogP contribution < -0.4 is 4.74 Å². The topological polar surface area (TPSA) is 39.9 Å². The maximum absolute atomic E-state index is 6.16. The highest BCUT2D eigenvalue weighted by atomic mass is 127. The van der Waals surface area contributed by atoms with Gasteiger partial charge < -0.3 is 4.74 Å². The maximum atomic E-state index is 6.16. The van der Waals surface area contributed by atoms with Crippen molar-refractivity contribution in [3.63, 3.8) is 0 Å². The minimum absolute atomic E-state index is 0.270. The molecule has 2 aromatic heterocycles. The Morgan fingerprint density at radius 1 is 1.31 bits per heavy atom. The van der Waals surface area contributed by atoms with Gasteiger partial charge >= 0.3 is 0 Å². The van der Waals surface area contributed by atoms with Crippen molar-refractivity contribution < 1.29 is 4.74 Å². The first-order valence-corrected chi connectivity index (χ1v) is 9.89. The van der Waals surface area contributed by atoms with Gasteiger partial charge in [-0.2, -0.15) is 5.10 Å². The van der Waals surface area contributed by atoms with Crippen molar-refractivity contribution in [2.24, 2.45) is 0 Å². The van der Waals surface area contributed by atoms with Crippen molar-refractivity contribution in [1.29, 1.82) is 0 Å². The van der Waals surface area contributed by atoms with Gasteiger partial charge in [-0.05, 0) is 68.0 Å². The fourth-order valence-corrected chi connectivity index (χ4v) is 3.18. The van der Waals surface area contributed by atoms with E-state index < -0.39 is 0 Å². The number of pyridine rings is 1. The number of halogens is 1.